The van der Waals surface area contributed by atoms with Crippen LogP contribution >= 0.6 is 11.6 Å². The molecule has 3 rings (SSSR count). The zero-order valence-electron chi connectivity index (χ0n) is 14.5. The van der Waals surface area contributed by atoms with E-state index >= 15 is 0 Å². The Labute approximate surface area is 156 Å². The summed E-state index contributed by atoms with van der Waals surface area (Å²) in [5.41, 5.74) is 3.12. The lowest BCUT2D eigenvalue weighted by Crippen LogP contribution is -2.28. The Bertz CT molecular complexity index is 890. The highest BCUT2D eigenvalue weighted by Gasteiger charge is 2.15. The number of urea groups is 1. The molecule has 2 N–H and O–H groups in total. The normalized spacial score (nSPS) is 10.4. The van der Waals surface area contributed by atoms with Crippen molar-refractivity contribution in [3.63, 3.8) is 0 Å². The molecule has 1 aromatic heterocycles. The zero-order chi connectivity index (χ0) is 18.5. The van der Waals surface area contributed by atoms with Crippen molar-refractivity contribution in [1.29, 1.82) is 0 Å². The molecule has 26 heavy (non-hydrogen) atoms. The third kappa shape index (κ3) is 3.97. The first-order valence-corrected chi connectivity index (χ1v) is 8.41. The van der Waals surface area contributed by atoms with Crippen molar-refractivity contribution >= 4 is 23.3 Å². The fourth-order valence-corrected chi connectivity index (χ4v) is 2.91. The predicted molar refractivity (Wildman–Crippen MR) is 103 cm³/mol. The van der Waals surface area contributed by atoms with Crippen molar-refractivity contribution in [2.75, 3.05) is 12.4 Å². The van der Waals surface area contributed by atoms with Gasteiger partial charge in [-0.3, -0.25) is 4.68 Å². The number of nitrogens with one attached hydrogen (secondary N) is 2. The first-order valence-electron chi connectivity index (χ1n) is 8.03. The maximum absolute atomic E-state index is 12.2. The van der Waals surface area contributed by atoms with Crippen molar-refractivity contribution in [2.24, 2.45) is 7.05 Å². The van der Waals surface area contributed by atoms with Crippen LogP contribution in [0.25, 0.3) is 11.3 Å². The van der Waals surface area contributed by atoms with Gasteiger partial charge in [-0.05, 0) is 23.8 Å². The number of benzene rings is 2. The molecule has 0 aliphatic rings. The van der Waals surface area contributed by atoms with Crippen molar-refractivity contribution in [2.45, 2.75) is 6.54 Å². The van der Waals surface area contributed by atoms with Gasteiger partial charge in [0.2, 0.25) is 0 Å². The van der Waals surface area contributed by atoms with E-state index in [0.29, 0.717) is 23.0 Å². The van der Waals surface area contributed by atoms with Gasteiger partial charge < -0.3 is 15.4 Å². The number of carbonyl (C=O) groups excluding carboxylic acids is 1. The van der Waals surface area contributed by atoms with Crippen LogP contribution in [0.1, 0.15) is 5.56 Å². The van der Waals surface area contributed by atoms with Crippen LogP contribution in [0.15, 0.2) is 54.7 Å². The highest BCUT2D eigenvalue weighted by atomic mass is 35.5. The summed E-state index contributed by atoms with van der Waals surface area (Å²) in [5.74, 6) is 0.644. The minimum absolute atomic E-state index is 0.291. The Hall–Kier alpha value is -2.99. The molecule has 134 valence electrons. The molecule has 0 aliphatic carbocycles. The van der Waals surface area contributed by atoms with Crippen LogP contribution in [0.4, 0.5) is 10.5 Å². The van der Waals surface area contributed by atoms with Crippen molar-refractivity contribution in [3.05, 3.63) is 65.3 Å². The van der Waals surface area contributed by atoms with E-state index in [0.717, 1.165) is 16.8 Å². The van der Waals surface area contributed by atoms with E-state index in [1.807, 2.05) is 36.4 Å². The van der Waals surface area contributed by atoms with Gasteiger partial charge >= 0.3 is 6.03 Å². The van der Waals surface area contributed by atoms with Gasteiger partial charge in [-0.1, -0.05) is 41.9 Å². The second-order valence-corrected chi connectivity index (χ2v) is 6.08. The Morgan fingerprint density at radius 2 is 2.00 bits per heavy atom. The molecule has 3 aromatic rings. The van der Waals surface area contributed by atoms with Crippen LogP contribution in [0.2, 0.25) is 5.02 Å². The molecule has 0 bridgehead atoms. The third-order valence-electron chi connectivity index (χ3n) is 3.90. The number of methoxy groups -OCH3 is 1. The molecule has 6 nitrogen and oxygen atoms in total. The summed E-state index contributed by atoms with van der Waals surface area (Å²) in [6.45, 7) is 0.448. The van der Waals surface area contributed by atoms with Crippen LogP contribution in [-0.4, -0.2) is 22.9 Å². The molecular formula is C19H19ClN4O2. The molecular weight excluding hydrogens is 352 g/mol. The Balaban J connectivity index is 1.76. The number of aromatic nitrogens is 2. The van der Waals surface area contributed by atoms with Crippen LogP contribution < -0.4 is 15.4 Å². The van der Waals surface area contributed by atoms with E-state index in [1.54, 1.807) is 37.2 Å². The summed E-state index contributed by atoms with van der Waals surface area (Å²) < 4.78 is 7.08. The fourth-order valence-electron chi connectivity index (χ4n) is 2.64. The lowest BCUT2D eigenvalue weighted by atomic mass is 10.1. The monoisotopic (exact) mass is 370 g/mol. The molecule has 0 unspecified atom stereocenters. The van der Waals surface area contributed by atoms with Crippen molar-refractivity contribution in [3.8, 4) is 17.0 Å². The highest BCUT2D eigenvalue weighted by Crippen LogP contribution is 2.36. The number of halogens is 1. The number of rotatable bonds is 5. The topological polar surface area (TPSA) is 68.2 Å². The number of hydrogen-bond acceptors (Lipinski definition) is 3. The number of amides is 2. The van der Waals surface area contributed by atoms with Crippen LogP contribution in [-0.2, 0) is 13.6 Å². The molecule has 0 fully saturated rings. The smallest absolute Gasteiger partial charge is 0.319 e. The Morgan fingerprint density at radius 1 is 1.23 bits per heavy atom. The summed E-state index contributed by atoms with van der Waals surface area (Å²) in [6, 6.07) is 14.8. The number of hydrogen-bond donors (Lipinski definition) is 2. The number of ether oxygens (including phenoxy) is 1. The molecule has 2 aromatic carbocycles. The number of carbonyl (C=O) groups is 1. The van der Waals surface area contributed by atoms with Gasteiger partial charge in [-0.2, -0.15) is 5.10 Å². The SMILES string of the molecule is COc1ccc(NC(=O)NCc2ccccc2)cc1-c1c(Cl)cnn1C. The lowest BCUT2D eigenvalue weighted by Gasteiger charge is -2.13. The third-order valence-corrected chi connectivity index (χ3v) is 4.18. The number of nitrogens with zero attached hydrogens (tertiary/aromatic N) is 2. The molecule has 0 aliphatic heterocycles. The van der Waals surface area contributed by atoms with Gasteiger partial charge in [-0.15, -0.1) is 0 Å². The van der Waals surface area contributed by atoms with Crippen LogP contribution in [0, 0.1) is 0 Å². The van der Waals surface area contributed by atoms with E-state index in [1.165, 1.54) is 0 Å². The fraction of sp³-hybridized carbons (Fsp3) is 0.158. The minimum atomic E-state index is -0.291. The summed E-state index contributed by atoms with van der Waals surface area (Å²) in [7, 11) is 3.39. The van der Waals surface area contributed by atoms with Crippen LogP contribution in [0.3, 0.4) is 0 Å². The van der Waals surface area contributed by atoms with Gasteiger partial charge in [0.25, 0.3) is 0 Å². The molecule has 0 saturated heterocycles. The Kier molecular flexibility index (Phi) is 5.43. The largest absolute Gasteiger partial charge is 0.496 e. The molecule has 0 saturated carbocycles. The van der Waals surface area contributed by atoms with E-state index < -0.39 is 0 Å². The van der Waals surface area contributed by atoms with Crippen molar-refractivity contribution in [1.82, 2.24) is 15.1 Å². The molecule has 7 heteroatoms. The van der Waals surface area contributed by atoms with E-state index in [4.69, 9.17) is 16.3 Å². The van der Waals surface area contributed by atoms with Crippen molar-refractivity contribution < 1.29 is 9.53 Å². The predicted octanol–water partition coefficient (Wildman–Crippen LogP) is 4.07. The summed E-state index contributed by atoms with van der Waals surface area (Å²) in [6.07, 6.45) is 1.57. The number of aryl methyl sites for hydroxylation is 1. The van der Waals surface area contributed by atoms with Gasteiger partial charge in [0.15, 0.2) is 0 Å². The van der Waals surface area contributed by atoms with E-state index in [-0.39, 0.29) is 6.03 Å². The lowest BCUT2D eigenvalue weighted by molar-refractivity contribution is 0.251. The van der Waals surface area contributed by atoms with Gasteiger partial charge in [0.05, 0.1) is 24.0 Å². The minimum Gasteiger partial charge on any atom is -0.496 e. The summed E-state index contributed by atoms with van der Waals surface area (Å²) in [4.78, 5) is 12.2. The Morgan fingerprint density at radius 3 is 2.65 bits per heavy atom. The van der Waals surface area contributed by atoms with Gasteiger partial charge in [0, 0.05) is 24.8 Å². The zero-order valence-corrected chi connectivity index (χ0v) is 15.2. The summed E-state index contributed by atoms with van der Waals surface area (Å²) in [5, 5.41) is 10.3. The maximum Gasteiger partial charge on any atom is 0.319 e. The van der Waals surface area contributed by atoms with E-state index in [2.05, 4.69) is 15.7 Å². The molecule has 0 radical (unpaired) electrons. The summed E-state index contributed by atoms with van der Waals surface area (Å²) >= 11 is 6.25. The van der Waals surface area contributed by atoms with Gasteiger partial charge in [0.1, 0.15) is 5.75 Å². The van der Waals surface area contributed by atoms with Crippen LogP contribution in [0.5, 0.6) is 5.75 Å². The standard InChI is InChI=1S/C19H19ClN4O2/c1-24-18(16(20)12-22-24)15-10-14(8-9-17(15)26-2)23-19(25)21-11-13-6-4-3-5-7-13/h3-10,12H,11H2,1-2H3,(H2,21,23,25). The molecule has 0 atom stereocenters. The molecule has 0 spiro atoms. The quantitative estimate of drug-likeness (QED) is 0.711. The second kappa shape index (κ2) is 7.93. The van der Waals surface area contributed by atoms with Gasteiger partial charge in [-0.25, -0.2) is 4.79 Å². The second-order valence-electron chi connectivity index (χ2n) is 5.67. The molecule has 2 amide bonds. The molecule has 1 heterocycles. The first kappa shape index (κ1) is 17.8. The average molecular weight is 371 g/mol. The highest BCUT2D eigenvalue weighted by molar-refractivity contribution is 6.33. The maximum atomic E-state index is 12.2. The first-order chi connectivity index (χ1) is 12.6. The average Bonchev–Trinajstić information content (AvgIpc) is 2.99. The van der Waals surface area contributed by atoms with E-state index in [9.17, 15) is 4.79 Å². The number of anilines is 1.